The molecular formula is C9H10F3NO. The largest absolute Gasteiger partial charge is 0.416 e. The normalized spacial score (nSPS) is 10.0. The highest BCUT2D eigenvalue weighted by molar-refractivity contribution is 5.70. The lowest BCUT2D eigenvalue weighted by molar-refractivity contribution is -0.137. The number of carbonyl (C=O) groups excluding carboxylic acids is 1. The standard InChI is InChI=1S/C7H5F3.C2H5NO/c8-7(9,10)6-4-2-1-3-5-6;1-2(3)4/h1-5H;1H3,(H2,3,4). The van der Waals surface area contributed by atoms with E-state index in [0.717, 1.165) is 12.1 Å². The Balaban J connectivity index is 0.000000364. The molecule has 2 nitrogen and oxygen atoms in total. The number of nitrogens with two attached hydrogens (primary N) is 1. The zero-order valence-electron chi connectivity index (χ0n) is 7.51. The molecule has 1 rings (SSSR count). The van der Waals surface area contributed by atoms with Gasteiger partial charge in [-0.2, -0.15) is 13.2 Å². The maximum absolute atomic E-state index is 11.8. The van der Waals surface area contributed by atoms with Crippen molar-refractivity contribution in [3.05, 3.63) is 35.9 Å². The van der Waals surface area contributed by atoms with Crippen LogP contribution in [0.25, 0.3) is 0 Å². The van der Waals surface area contributed by atoms with Crippen LogP contribution < -0.4 is 5.73 Å². The van der Waals surface area contributed by atoms with Crippen molar-refractivity contribution in [2.45, 2.75) is 13.1 Å². The number of carbonyl (C=O) groups is 1. The number of hydrogen-bond donors (Lipinski definition) is 1. The first-order chi connectivity index (χ1) is 6.34. The summed E-state index contributed by atoms with van der Waals surface area (Å²) in [5.41, 5.74) is 3.87. The predicted molar refractivity (Wildman–Crippen MR) is 46.3 cm³/mol. The number of halogens is 3. The van der Waals surface area contributed by atoms with Crippen molar-refractivity contribution < 1.29 is 18.0 Å². The summed E-state index contributed by atoms with van der Waals surface area (Å²) in [6.45, 7) is 1.31. The van der Waals surface area contributed by atoms with E-state index < -0.39 is 11.7 Å². The van der Waals surface area contributed by atoms with Crippen molar-refractivity contribution in [2.24, 2.45) is 5.73 Å². The fourth-order valence-electron chi connectivity index (χ4n) is 0.627. The number of benzene rings is 1. The highest BCUT2D eigenvalue weighted by Gasteiger charge is 2.29. The molecule has 0 aliphatic carbocycles. The second-order valence-corrected chi connectivity index (χ2v) is 2.47. The third-order valence-corrected chi connectivity index (χ3v) is 1.10. The van der Waals surface area contributed by atoms with Gasteiger partial charge in [-0.25, -0.2) is 0 Å². The first-order valence-corrected chi connectivity index (χ1v) is 3.72. The zero-order valence-corrected chi connectivity index (χ0v) is 7.51. The van der Waals surface area contributed by atoms with Gasteiger partial charge in [0.15, 0.2) is 0 Å². The highest BCUT2D eigenvalue weighted by atomic mass is 19.4. The molecule has 0 atom stereocenters. The Morgan fingerprint density at radius 3 is 1.79 bits per heavy atom. The second kappa shape index (κ2) is 5.26. The summed E-state index contributed by atoms with van der Waals surface area (Å²) in [6, 6.07) is 6.36. The molecule has 0 saturated carbocycles. The lowest BCUT2D eigenvalue weighted by atomic mass is 10.2. The molecule has 0 spiro atoms. The van der Waals surface area contributed by atoms with E-state index in [1.165, 1.54) is 19.1 Å². The van der Waals surface area contributed by atoms with Crippen LogP contribution in [0.5, 0.6) is 0 Å². The molecule has 0 saturated heterocycles. The minimum Gasteiger partial charge on any atom is -0.370 e. The fraction of sp³-hybridized carbons (Fsp3) is 0.222. The number of amides is 1. The monoisotopic (exact) mass is 205 g/mol. The van der Waals surface area contributed by atoms with Gasteiger partial charge in [-0.15, -0.1) is 0 Å². The van der Waals surface area contributed by atoms with Crippen LogP contribution in [-0.2, 0) is 11.0 Å². The van der Waals surface area contributed by atoms with Crippen LogP contribution in [0.4, 0.5) is 13.2 Å². The molecule has 0 aliphatic heterocycles. The van der Waals surface area contributed by atoms with Gasteiger partial charge in [0, 0.05) is 6.92 Å². The van der Waals surface area contributed by atoms with E-state index in [9.17, 15) is 18.0 Å². The molecule has 2 N–H and O–H groups in total. The topological polar surface area (TPSA) is 43.1 Å². The average molecular weight is 205 g/mol. The molecule has 0 bridgehead atoms. The van der Waals surface area contributed by atoms with Gasteiger partial charge >= 0.3 is 6.18 Å². The molecule has 1 amide bonds. The van der Waals surface area contributed by atoms with E-state index in [4.69, 9.17) is 0 Å². The molecule has 0 heterocycles. The number of alkyl halides is 3. The molecule has 0 unspecified atom stereocenters. The minimum atomic E-state index is -4.21. The van der Waals surface area contributed by atoms with Crippen molar-refractivity contribution in [3.8, 4) is 0 Å². The summed E-state index contributed by atoms with van der Waals surface area (Å²) in [7, 11) is 0. The van der Waals surface area contributed by atoms with Gasteiger partial charge < -0.3 is 5.73 Å². The molecule has 0 aliphatic rings. The lowest BCUT2D eigenvalue weighted by Crippen LogP contribution is -2.03. The van der Waals surface area contributed by atoms with Crippen molar-refractivity contribution in [3.63, 3.8) is 0 Å². The van der Waals surface area contributed by atoms with E-state index in [0.29, 0.717) is 0 Å². The fourth-order valence-corrected chi connectivity index (χ4v) is 0.627. The summed E-state index contributed by atoms with van der Waals surface area (Å²) >= 11 is 0. The third-order valence-electron chi connectivity index (χ3n) is 1.10. The third kappa shape index (κ3) is 6.05. The van der Waals surface area contributed by atoms with Crippen LogP contribution in [0.1, 0.15) is 12.5 Å². The lowest BCUT2D eigenvalue weighted by Gasteiger charge is -2.03. The van der Waals surface area contributed by atoms with Gasteiger partial charge in [0.05, 0.1) is 5.56 Å². The maximum Gasteiger partial charge on any atom is 0.416 e. The summed E-state index contributed by atoms with van der Waals surface area (Å²) in [4.78, 5) is 9.22. The molecule has 5 heteroatoms. The smallest absolute Gasteiger partial charge is 0.370 e. The molecule has 0 radical (unpaired) electrons. The molecular weight excluding hydrogens is 195 g/mol. The minimum absolute atomic E-state index is 0.333. The van der Waals surface area contributed by atoms with E-state index in [-0.39, 0.29) is 5.91 Å². The summed E-state index contributed by atoms with van der Waals surface area (Å²) in [5, 5.41) is 0. The quantitative estimate of drug-likeness (QED) is 0.693. The first-order valence-electron chi connectivity index (χ1n) is 3.72. The van der Waals surface area contributed by atoms with Gasteiger partial charge in [-0.05, 0) is 0 Å². The Morgan fingerprint density at radius 1 is 1.21 bits per heavy atom. The van der Waals surface area contributed by atoms with E-state index in [1.807, 2.05) is 0 Å². The highest BCUT2D eigenvalue weighted by Crippen LogP contribution is 2.28. The molecule has 0 aromatic heterocycles. The summed E-state index contributed by atoms with van der Waals surface area (Å²) in [5.74, 6) is -0.333. The molecule has 78 valence electrons. The van der Waals surface area contributed by atoms with Crippen molar-refractivity contribution in [2.75, 3.05) is 0 Å². The van der Waals surface area contributed by atoms with Gasteiger partial charge in [-0.1, -0.05) is 30.3 Å². The maximum atomic E-state index is 11.8. The number of hydrogen-bond acceptors (Lipinski definition) is 1. The Labute approximate surface area is 79.5 Å². The SMILES string of the molecule is CC(N)=O.FC(F)(F)c1ccccc1. The summed E-state index contributed by atoms with van der Waals surface area (Å²) < 4.78 is 35.4. The van der Waals surface area contributed by atoms with Crippen LogP contribution in [-0.4, -0.2) is 5.91 Å². The van der Waals surface area contributed by atoms with E-state index >= 15 is 0 Å². The van der Waals surface area contributed by atoms with Gasteiger partial charge in [0.25, 0.3) is 0 Å². The molecule has 0 fully saturated rings. The van der Waals surface area contributed by atoms with Crippen molar-refractivity contribution >= 4 is 5.91 Å². The Bertz CT molecular complexity index is 278. The van der Waals surface area contributed by atoms with Crippen molar-refractivity contribution in [1.82, 2.24) is 0 Å². The Morgan fingerprint density at radius 2 is 1.57 bits per heavy atom. The van der Waals surface area contributed by atoms with Crippen molar-refractivity contribution in [1.29, 1.82) is 0 Å². The van der Waals surface area contributed by atoms with Crippen LogP contribution in [0.3, 0.4) is 0 Å². The summed E-state index contributed by atoms with van der Waals surface area (Å²) in [6.07, 6.45) is -4.21. The van der Waals surface area contributed by atoms with Crippen LogP contribution in [0.15, 0.2) is 30.3 Å². The number of rotatable bonds is 0. The molecule has 14 heavy (non-hydrogen) atoms. The zero-order chi connectivity index (χ0) is 11.2. The van der Waals surface area contributed by atoms with Crippen LogP contribution in [0, 0.1) is 0 Å². The van der Waals surface area contributed by atoms with E-state index in [2.05, 4.69) is 5.73 Å². The second-order valence-electron chi connectivity index (χ2n) is 2.47. The van der Waals surface area contributed by atoms with E-state index in [1.54, 1.807) is 6.07 Å². The van der Waals surface area contributed by atoms with Crippen LogP contribution >= 0.6 is 0 Å². The Hall–Kier alpha value is -1.52. The molecule has 1 aromatic rings. The molecule has 1 aromatic carbocycles. The van der Waals surface area contributed by atoms with Gasteiger partial charge in [-0.3, -0.25) is 4.79 Å². The predicted octanol–water partition coefficient (Wildman–Crippen LogP) is 2.20. The average Bonchev–Trinajstić information content (AvgIpc) is 2.03. The van der Waals surface area contributed by atoms with Gasteiger partial charge in [0.1, 0.15) is 0 Å². The Kier molecular flexibility index (Phi) is 4.69. The van der Waals surface area contributed by atoms with Gasteiger partial charge in [0.2, 0.25) is 5.91 Å². The van der Waals surface area contributed by atoms with Crippen LogP contribution in [0.2, 0.25) is 0 Å². The first kappa shape index (κ1) is 12.5. The number of primary amides is 1.